The maximum absolute atomic E-state index is 12.8. The molecular weight excluding hydrogens is 392 g/mol. The Morgan fingerprint density at radius 2 is 1.92 bits per heavy atom. The zero-order valence-electron chi connectivity index (χ0n) is 12.9. The van der Waals surface area contributed by atoms with Crippen LogP contribution in [-0.4, -0.2) is 20.2 Å². The van der Waals surface area contributed by atoms with Gasteiger partial charge in [0.25, 0.3) is 0 Å². The maximum atomic E-state index is 12.8. The van der Waals surface area contributed by atoms with Crippen LogP contribution in [0.3, 0.4) is 0 Å². The van der Waals surface area contributed by atoms with Crippen LogP contribution in [0.4, 0.5) is 30.6 Å². The van der Waals surface area contributed by atoms with Crippen molar-refractivity contribution in [3.05, 3.63) is 58.0 Å². The van der Waals surface area contributed by atoms with E-state index in [4.69, 9.17) is 23.2 Å². The Labute approximate surface area is 155 Å². The minimum absolute atomic E-state index is 0.00460. The van der Waals surface area contributed by atoms with Crippen molar-refractivity contribution >= 4 is 40.7 Å². The van der Waals surface area contributed by atoms with Gasteiger partial charge in [0.1, 0.15) is 5.02 Å². The molecule has 0 amide bonds. The van der Waals surface area contributed by atoms with Crippen molar-refractivity contribution in [2.75, 3.05) is 10.6 Å². The number of hydrogen-bond donors (Lipinski definition) is 3. The first-order valence-electron chi connectivity index (χ1n) is 7.21. The van der Waals surface area contributed by atoms with E-state index in [0.717, 1.165) is 12.1 Å². The lowest BCUT2D eigenvalue weighted by atomic mass is 10.1. The fourth-order valence-corrected chi connectivity index (χ4v) is 2.41. The largest absolute Gasteiger partial charge is 0.416 e. The number of benzene rings is 1. The fourth-order valence-electron chi connectivity index (χ4n) is 2.07. The molecule has 11 heteroatoms. The Morgan fingerprint density at radius 1 is 1.12 bits per heavy atom. The Hall–Kier alpha value is -2.52. The predicted molar refractivity (Wildman–Crippen MR) is 92.7 cm³/mol. The number of halogens is 5. The summed E-state index contributed by atoms with van der Waals surface area (Å²) in [6.45, 7) is 0.00460. The molecule has 2 heterocycles. The molecule has 0 radical (unpaired) electrons. The van der Waals surface area contributed by atoms with Gasteiger partial charge < -0.3 is 10.6 Å². The molecule has 3 rings (SSSR count). The smallest absolute Gasteiger partial charge is 0.365 e. The van der Waals surface area contributed by atoms with Crippen LogP contribution >= 0.6 is 23.2 Å². The standard InChI is InChI=1S/C15H11Cl2F3N6/c16-11-2-1-9(15(18,19)20)3-8(11)4-21-13-12(17)7-22-14(26-13)25-10-5-23-24-6-10/h1-3,5-7H,4H2,(H,23,24)(H2,21,22,25,26). The molecule has 0 aliphatic rings. The molecule has 0 atom stereocenters. The Balaban J connectivity index is 1.77. The van der Waals surface area contributed by atoms with Gasteiger partial charge >= 0.3 is 6.18 Å². The van der Waals surface area contributed by atoms with E-state index in [-0.39, 0.29) is 33.9 Å². The molecule has 3 N–H and O–H groups in total. The summed E-state index contributed by atoms with van der Waals surface area (Å²) in [7, 11) is 0. The summed E-state index contributed by atoms with van der Waals surface area (Å²) in [5.74, 6) is 0.495. The molecule has 0 spiro atoms. The second kappa shape index (κ2) is 7.38. The highest BCUT2D eigenvalue weighted by Crippen LogP contribution is 2.32. The van der Waals surface area contributed by atoms with Gasteiger partial charge in [-0.3, -0.25) is 5.10 Å². The van der Waals surface area contributed by atoms with E-state index in [9.17, 15) is 13.2 Å². The number of H-pyrrole nitrogens is 1. The number of rotatable bonds is 5. The first kappa shape index (κ1) is 18.3. The highest BCUT2D eigenvalue weighted by Gasteiger charge is 2.30. The molecule has 1 aromatic carbocycles. The van der Waals surface area contributed by atoms with E-state index in [2.05, 4.69) is 30.8 Å². The summed E-state index contributed by atoms with van der Waals surface area (Å²) >= 11 is 12.0. The molecule has 0 fully saturated rings. The van der Waals surface area contributed by atoms with Crippen LogP contribution in [0, 0.1) is 0 Å². The van der Waals surface area contributed by atoms with Crippen molar-refractivity contribution in [2.45, 2.75) is 12.7 Å². The number of aromatic nitrogens is 4. The van der Waals surface area contributed by atoms with Crippen molar-refractivity contribution in [1.29, 1.82) is 0 Å². The quantitative estimate of drug-likeness (QED) is 0.566. The van der Waals surface area contributed by atoms with Crippen molar-refractivity contribution in [2.24, 2.45) is 0 Å². The molecule has 136 valence electrons. The van der Waals surface area contributed by atoms with Gasteiger partial charge in [0.2, 0.25) is 5.95 Å². The van der Waals surface area contributed by atoms with Gasteiger partial charge in [-0.05, 0) is 23.8 Å². The predicted octanol–water partition coefficient (Wildman–Crippen LogP) is 4.88. The van der Waals surface area contributed by atoms with E-state index >= 15 is 0 Å². The topological polar surface area (TPSA) is 78.5 Å². The van der Waals surface area contributed by atoms with Gasteiger partial charge in [-0.15, -0.1) is 0 Å². The average Bonchev–Trinajstić information content (AvgIpc) is 3.08. The minimum atomic E-state index is -4.45. The lowest BCUT2D eigenvalue weighted by Crippen LogP contribution is -2.09. The lowest BCUT2D eigenvalue weighted by molar-refractivity contribution is -0.137. The molecule has 3 aromatic rings. The molecule has 0 bridgehead atoms. The summed E-state index contributed by atoms with van der Waals surface area (Å²) < 4.78 is 38.5. The van der Waals surface area contributed by atoms with Gasteiger partial charge in [-0.1, -0.05) is 23.2 Å². The number of anilines is 3. The molecule has 6 nitrogen and oxygen atoms in total. The fraction of sp³-hybridized carbons (Fsp3) is 0.133. The summed E-state index contributed by atoms with van der Waals surface area (Å²) in [6.07, 6.45) is 0.0571. The number of alkyl halides is 3. The van der Waals surface area contributed by atoms with Crippen LogP contribution in [0.2, 0.25) is 10.0 Å². The summed E-state index contributed by atoms with van der Waals surface area (Å²) in [6, 6.07) is 3.11. The van der Waals surface area contributed by atoms with E-state index in [1.54, 1.807) is 6.20 Å². The molecule has 0 saturated heterocycles. The third-order valence-electron chi connectivity index (χ3n) is 3.32. The Morgan fingerprint density at radius 3 is 2.62 bits per heavy atom. The summed E-state index contributed by atoms with van der Waals surface area (Å²) in [5.41, 5.74) is 0.120. The zero-order chi connectivity index (χ0) is 18.7. The second-order valence-corrected chi connectivity index (χ2v) is 5.97. The van der Waals surface area contributed by atoms with E-state index < -0.39 is 11.7 Å². The summed E-state index contributed by atoms with van der Waals surface area (Å²) in [5, 5.41) is 12.6. The average molecular weight is 403 g/mol. The lowest BCUT2D eigenvalue weighted by Gasteiger charge is -2.13. The second-order valence-electron chi connectivity index (χ2n) is 5.16. The summed E-state index contributed by atoms with van der Waals surface area (Å²) in [4.78, 5) is 8.21. The minimum Gasteiger partial charge on any atom is -0.365 e. The van der Waals surface area contributed by atoms with Crippen LogP contribution in [0.5, 0.6) is 0 Å². The number of nitrogens with zero attached hydrogens (tertiary/aromatic N) is 3. The highest BCUT2D eigenvalue weighted by atomic mass is 35.5. The molecular formula is C15H11Cl2F3N6. The highest BCUT2D eigenvalue weighted by molar-refractivity contribution is 6.33. The number of aromatic amines is 1. The van der Waals surface area contributed by atoms with Crippen LogP contribution in [-0.2, 0) is 12.7 Å². The maximum Gasteiger partial charge on any atom is 0.416 e. The molecule has 0 aliphatic carbocycles. The third-order valence-corrected chi connectivity index (χ3v) is 3.96. The number of hydrogen-bond acceptors (Lipinski definition) is 5. The molecule has 2 aromatic heterocycles. The number of nitrogens with one attached hydrogen (secondary N) is 3. The van der Waals surface area contributed by atoms with Crippen LogP contribution in [0.25, 0.3) is 0 Å². The first-order valence-corrected chi connectivity index (χ1v) is 7.96. The van der Waals surface area contributed by atoms with Gasteiger partial charge in [-0.25, -0.2) is 4.98 Å². The molecule has 0 unspecified atom stereocenters. The van der Waals surface area contributed by atoms with Crippen LogP contribution in [0.1, 0.15) is 11.1 Å². The molecule has 0 aliphatic heterocycles. The monoisotopic (exact) mass is 402 g/mol. The van der Waals surface area contributed by atoms with Gasteiger partial charge in [0.15, 0.2) is 5.82 Å². The molecule has 0 saturated carbocycles. The van der Waals surface area contributed by atoms with Crippen molar-refractivity contribution < 1.29 is 13.2 Å². The normalized spacial score (nSPS) is 11.4. The van der Waals surface area contributed by atoms with Crippen LogP contribution < -0.4 is 10.6 Å². The van der Waals surface area contributed by atoms with E-state index in [1.165, 1.54) is 18.5 Å². The van der Waals surface area contributed by atoms with E-state index in [1.807, 2.05) is 0 Å². The SMILES string of the molecule is FC(F)(F)c1ccc(Cl)c(CNc2nc(Nc3cn[nH]c3)ncc2Cl)c1. The Bertz CT molecular complexity index is 899. The van der Waals surface area contributed by atoms with Gasteiger partial charge in [-0.2, -0.15) is 23.3 Å². The first-order chi connectivity index (χ1) is 12.3. The van der Waals surface area contributed by atoms with Gasteiger partial charge in [0, 0.05) is 17.8 Å². The van der Waals surface area contributed by atoms with Crippen molar-refractivity contribution in [1.82, 2.24) is 20.2 Å². The van der Waals surface area contributed by atoms with Crippen molar-refractivity contribution in [3.63, 3.8) is 0 Å². The van der Waals surface area contributed by atoms with Crippen LogP contribution in [0.15, 0.2) is 36.8 Å². The molecule has 26 heavy (non-hydrogen) atoms. The van der Waals surface area contributed by atoms with Crippen molar-refractivity contribution in [3.8, 4) is 0 Å². The third kappa shape index (κ3) is 4.36. The van der Waals surface area contributed by atoms with E-state index in [0.29, 0.717) is 5.69 Å². The zero-order valence-corrected chi connectivity index (χ0v) is 14.4. The Kier molecular flexibility index (Phi) is 5.19. The van der Waals surface area contributed by atoms with Gasteiger partial charge in [0.05, 0.1) is 23.6 Å².